The summed E-state index contributed by atoms with van der Waals surface area (Å²) in [5.41, 5.74) is 1.44. The highest BCUT2D eigenvalue weighted by Crippen LogP contribution is 2.27. The first-order valence-electron chi connectivity index (χ1n) is 6.92. The average molecular weight is 333 g/mol. The Balaban J connectivity index is 1.87. The summed E-state index contributed by atoms with van der Waals surface area (Å²) in [6.45, 7) is 0.524. The van der Waals surface area contributed by atoms with Gasteiger partial charge in [0.25, 0.3) is 0 Å². The number of hydrogen-bond acceptors (Lipinski definition) is 7. The Kier molecular flexibility index (Phi) is 4.24. The third-order valence-electron chi connectivity index (χ3n) is 3.27. The number of halogens is 1. The van der Waals surface area contributed by atoms with Crippen molar-refractivity contribution >= 4 is 33.2 Å². The van der Waals surface area contributed by atoms with E-state index in [4.69, 9.17) is 4.74 Å². The standard InChI is InChI=1S/C15H16FN5OS/c1-21(2)15-20-9(7-23-15)6-17-14-10-4-13(22-3)11(16)5-12(10)18-8-19-14/h4-5,7-8H,6H2,1-3H3,(H,17,18,19). The van der Waals surface area contributed by atoms with Gasteiger partial charge in [-0.05, 0) is 6.07 Å². The smallest absolute Gasteiger partial charge is 0.185 e. The van der Waals surface area contributed by atoms with Crippen molar-refractivity contribution in [1.29, 1.82) is 0 Å². The molecule has 1 N–H and O–H groups in total. The summed E-state index contributed by atoms with van der Waals surface area (Å²) in [6.07, 6.45) is 1.41. The van der Waals surface area contributed by atoms with Gasteiger partial charge in [-0.15, -0.1) is 11.3 Å². The molecule has 23 heavy (non-hydrogen) atoms. The van der Waals surface area contributed by atoms with Gasteiger partial charge in [0.15, 0.2) is 16.7 Å². The molecule has 0 spiro atoms. The summed E-state index contributed by atoms with van der Waals surface area (Å²) in [4.78, 5) is 14.8. The Labute approximate surface area is 137 Å². The molecule has 120 valence electrons. The molecule has 6 nitrogen and oxygen atoms in total. The first kappa shape index (κ1) is 15.4. The van der Waals surface area contributed by atoms with E-state index in [2.05, 4.69) is 20.3 Å². The molecule has 0 atom stereocenters. The minimum absolute atomic E-state index is 0.166. The Morgan fingerprint density at radius 2 is 2.13 bits per heavy atom. The first-order chi connectivity index (χ1) is 11.1. The lowest BCUT2D eigenvalue weighted by molar-refractivity contribution is 0.387. The molecule has 0 fully saturated rings. The monoisotopic (exact) mass is 333 g/mol. The van der Waals surface area contributed by atoms with Crippen molar-refractivity contribution in [1.82, 2.24) is 15.0 Å². The molecule has 0 unspecified atom stereocenters. The summed E-state index contributed by atoms with van der Waals surface area (Å²) >= 11 is 1.58. The van der Waals surface area contributed by atoms with Gasteiger partial charge in [0.05, 0.1) is 24.9 Å². The van der Waals surface area contributed by atoms with Gasteiger partial charge < -0.3 is 15.0 Å². The molecule has 8 heteroatoms. The van der Waals surface area contributed by atoms with Crippen LogP contribution in [-0.2, 0) is 6.54 Å². The Morgan fingerprint density at radius 1 is 1.30 bits per heavy atom. The van der Waals surface area contributed by atoms with Crippen LogP contribution in [0, 0.1) is 5.82 Å². The fraction of sp³-hybridized carbons (Fsp3) is 0.267. The Morgan fingerprint density at radius 3 is 2.83 bits per heavy atom. The number of methoxy groups -OCH3 is 1. The lowest BCUT2D eigenvalue weighted by Gasteiger charge is -2.09. The first-order valence-corrected chi connectivity index (χ1v) is 7.80. The Hall–Kier alpha value is -2.48. The number of rotatable bonds is 5. The maximum Gasteiger partial charge on any atom is 0.185 e. The average Bonchev–Trinajstić information content (AvgIpc) is 3.01. The van der Waals surface area contributed by atoms with Crippen LogP contribution in [0.1, 0.15) is 5.69 Å². The highest BCUT2D eigenvalue weighted by molar-refractivity contribution is 7.13. The van der Waals surface area contributed by atoms with Crippen LogP contribution in [0.4, 0.5) is 15.3 Å². The zero-order valence-electron chi connectivity index (χ0n) is 13.0. The number of nitrogens with zero attached hydrogens (tertiary/aromatic N) is 4. The second-order valence-electron chi connectivity index (χ2n) is 5.10. The zero-order valence-corrected chi connectivity index (χ0v) is 13.8. The van der Waals surface area contributed by atoms with Crippen molar-refractivity contribution < 1.29 is 9.13 Å². The van der Waals surface area contributed by atoms with Crippen LogP contribution >= 0.6 is 11.3 Å². The van der Waals surface area contributed by atoms with Crippen LogP contribution in [0.2, 0.25) is 0 Å². The SMILES string of the molecule is COc1cc2c(NCc3csc(N(C)C)n3)ncnc2cc1F. The predicted molar refractivity (Wildman–Crippen MR) is 89.8 cm³/mol. The number of aromatic nitrogens is 3. The molecule has 3 rings (SSSR count). The quantitative estimate of drug-likeness (QED) is 0.774. The van der Waals surface area contributed by atoms with E-state index in [0.717, 1.165) is 10.8 Å². The van der Waals surface area contributed by atoms with E-state index in [1.165, 1.54) is 19.5 Å². The zero-order chi connectivity index (χ0) is 16.4. The third-order valence-corrected chi connectivity index (χ3v) is 4.33. The van der Waals surface area contributed by atoms with Gasteiger partial charge in [0.2, 0.25) is 0 Å². The van der Waals surface area contributed by atoms with Crippen LogP contribution in [0.25, 0.3) is 10.9 Å². The molecule has 0 radical (unpaired) electrons. The van der Waals surface area contributed by atoms with E-state index in [1.807, 2.05) is 24.4 Å². The van der Waals surface area contributed by atoms with Gasteiger partial charge >= 0.3 is 0 Å². The van der Waals surface area contributed by atoms with Crippen LogP contribution in [0.3, 0.4) is 0 Å². The van der Waals surface area contributed by atoms with Crippen molar-refractivity contribution in [2.75, 3.05) is 31.4 Å². The number of fused-ring (bicyclic) bond motifs is 1. The normalized spacial score (nSPS) is 10.8. The largest absolute Gasteiger partial charge is 0.494 e. The van der Waals surface area contributed by atoms with E-state index >= 15 is 0 Å². The van der Waals surface area contributed by atoms with Crippen LogP contribution in [0.15, 0.2) is 23.8 Å². The summed E-state index contributed by atoms with van der Waals surface area (Å²) in [6, 6.07) is 2.94. The second kappa shape index (κ2) is 6.33. The third kappa shape index (κ3) is 3.16. The fourth-order valence-corrected chi connectivity index (χ4v) is 2.87. The number of benzene rings is 1. The maximum atomic E-state index is 13.8. The highest BCUT2D eigenvalue weighted by Gasteiger charge is 2.11. The number of nitrogens with one attached hydrogen (secondary N) is 1. The van der Waals surface area contributed by atoms with E-state index < -0.39 is 5.82 Å². The second-order valence-corrected chi connectivity index (χ2v) is 5.93. The Bertz CT molecular complexity index is 836. The van der Waals surface area contributed by atoms with Crippen molar-refractivity contribution in [2.45, 2.75) is 6.54 Å². The molecule has 0 aliphatic heterocycles. The van der Waals surface area contributed by atoms with Gasteiger partial charge in [-0.25, -0.2) is 19.3 Å². The number of anilines is 2. The maximum absolute atomic E-state index is 13.8. The van der Waals surface area contributed by atoms with Crippen molar-refractivity contribution in [2.24, 2.45) is 0 Å². The predicted octanol–water partition coefficient (Wildman–Crippen LogP) is 2.91. The fourth-order valence-electron chi connectivity index (χ4n) is 2.11. The lowest BCUT2D eigenvalue weighted by atomic mass is 10.2. The summed E-state index contributed by atoms with van der Waals surface area (Å²) < 4.78 is 18.8. The molecule has 0 bridgehead atoms. The minimum atomic E-state index is -0.445. The van der Waals surface area contributed by atoms with E-state index in [-0.39, 0.29) is 5.75 Å². The van der Waals surface area contributed by atoms with Crippen molar-refractivity contribution in [3.8, 4) is 5.75 Å². The van der Waals surface area contributed by atoms with Gasteiger partial charge in [0.1, 0.15) is 12.1 Å². The van der Waals surface area contributed by atoms with Crippen LogP contribution < -0.4 is 15.0 Å². The van der Waals surface area contributed by atoms with Gasteiger partial charge in [0, 0.05) is 30.9 Å². The van der Waals surface area contributed by atoms with Crippen molar-refractivity contribution in [3.05, 3.63) is 35.4 Å². The van der Waals surface area contributed by atoms with E-state index in [9.17, 15) is 4.39 Å². The molecule has 0 amide bonds. The number of ether oxygens (including phenoxy) is 1. The van der Waals surface area contributed by atoms with E-state index in [0.29, 0.717) is 23.3 Å². The molecular weight excluding hydrogens is 317 g/mol. The molecule has 2 aromatic heterocycles. The molecule has 0 aliphatic rings. The number of thiazole rings is 1. The molecule has 3 aromatic rings. The lowest BCUT2D eigenvalue weighted by Crippen LogP contribution is -2.09. The summed E-state index contributed by atoms with van der Waals surface area (Å²) in [5, 5.41) is 6.86. The minimum Gasteiger partial charge on any atom is -0.494 e. The van der Waals surface area contributed by atoms with E-state index in [1.54, 1.807) is 17.4 Å². The summed E-state index contributed by atoms with van der Waals surface area (Å²) in [5.74, 6) is 0.339. The van der Waals surface area contributed by atoms with Crippen LogP contribution in [0.5, 0.6) is 5.75 Å². The van der Waals surface area contributed by atoms with Crippen LogP contribution in [-0.4, -0.2) is 36.2 Å². The van der Waals surface area contributed by atoms with Crippen molar-refractivity contribution in [3.63, 3.8) is 0 Å². The topological polar surface area (TPSA) is 63.2 Å². The highest BCUT2D eigenvalue weighted by atomic mass is 32.1. The molecule has 2 heterocycles. The molecule has 0 saturated heterocycles. The molecule has 0 aliphatic carbocycles. The number of hydrogen-bond donors (Lipinski definition) is 1. The van der Waals surface area contributed by atoms with Gasteiger partial charge in [-0.3, -0.25) is 0 Å². The molecule has 0 saturated carbocycles. The summed E-state index contributed by atoms with van der Waals surface area (Å²) in [7, 11) is 5.34. The van der Waals surface area contributed by atoms with Gasteiger partial charge in [-0.2, -0.15) is 0 Å². The molecule has 1 aromatic carbocycles. The molecular formula is C15H16FN5OS. The van der Waals surface area contributed by atoms with Gasteiger partial charge in [-0.1, -0.05) is 0 Å².